The van der Waals surface area contributed by atoms with Crippen LogP contribution in [0.25, 0.3) is 0 Å². The van der Waals surface area contributed by atoms with Gasteiger partial charge in [0, 0.05) is 24.9 Å². The van der Waals surface area contributed by atoms with Gasteiger partial charge >= 0.3 is 5.97 Å². The fourth-order valence-electron chi connectivity index (χ4n) is 3.65. The molecule has 0 aliphatic carbocycles. The first-order valence-corrected chi connectivity index (χ1v) is 10.6. The first-order chi connectivity index (χ1) is 15.3. The highest BCUT2D eigenvalue weighted by Crippen LogP contribution is 2.28. The Hall–Kier alpha value is -3.45. The summed E-state index contributed by atoms with van der Waals surface area (Å²) in [7, 11) is 0. The van der Waals surface area contributed by atoms with Crippen molar-refractivity contribution in [3.05, 3.63) is 45.0 Å². The van der Waals surface area contributed by atoms with Crippen molar-refractivity contribution in [2.75, 3.05) is 18.5 Å². The predicted molar refractivity (Wildman–Crippen MR) is 115 cm³/mol. The van der Waals surface area contributed by atoms with Gasteiger partial charge in [0.1, 0.15) is 11.9 Å². The number of amides is 1. The molecule has 10 nitrogen and oxygen atoms in total. The van der Waals surface area contributed by atoms with E-state index in [4.69, 9.17) is 9.47 Å². The number of aryl methyl sites for hydroxylation is 1. The molecule has 0 radical (unpaired) electrons. The average Bonchev–Trinajstić information content (AvgIpc) is 3.36. The fourth-order valence-corrected chi connectivity index (χ4v) is 3.65. The van der Waals surface area contributed by atoms with Gasteiger partial charge in [-0.3, -0.25) is 9.59 Å². The monoisotopic (exact) mass is 441 g/mol. The molecule has 1 fully saturated rings. The van der Waals surface area contributed by atoms with Crippen molar-refractivity contribution in [1.82, 2.24) is 14.3 Å². The zero-order valence-corrected chi connectivity index (χ0v) is 18.5. The number of rotatable bonds is 8. The highest BCUT2D eigenvalue weighted by molar-refractivity contribution is 5.95. The maximum Gasteiger partial charge on any atom is 0.359 e. The van der Waals surface area contributed by atoms with Crippen molar-refractivity contribution >= 4 is 17.7 Å². The second-order valence-electron chi connectivity index (χ2n) is 7.70. The molecule has 0 aromatic carbocycles. The molecule has 1 saturated heterocycles. The standard InChI is InChI=1S/C22H27N5O5/c1-4-9-27-20(29)8-7-18(25-27)22(30)32-13-19(28)24-21-17(11-23)14(2)15(3)26(21)12-16-6-5-10-31-16/h7-8,16H,4-6,9-10,12-13H2,1-3H3,(H,24,28). The minimum Gasteiger partial charge on any atom is -0.451 e. The van der Waals surface area contributed by atoms with Crippen LogP contribution in [0.1, 0.15) is 53.5 Å². The predicted octanol–water partition coefficient (Wildman–Crippen LogP) is 1.92. The molecule has 0 bridgehead atoms. The lowest BCUT2D eigenvalue weighted by molar-refractivity contribution is -0.119. The number of carbonyl (C=O) groups is 2. The first-order valence-electron chi connectivity index (χ1n) is 10.6. The van der Waals surface area contributed by atoms with E-state index in [1.807, 2.05) is 25.3 Å². The third-order valence-corrected chi connectivity index (χ3v) is 5.45. The van der Waals surface area contributed by atoms with Crippen LogP contribution in [0.15, 0.2) is 16.9 Å². The van der Waals surface area contributed by atoms with Gasteiger partial charge in [-0.1, -0.05) is 6.92 Å². The Balaban J connectivity index is 1.70. The third-order valence-electron chi connectivity index (χ3n) is 5.45. The molecule has 1 amide bonds. The van der Waals surface area contributed by atoms with Gasteiger partial charge in [0.25, 0.3) is 11.5 Å². The Morgan fingerprint density at radius 2 is 2.16 bits per heavy atom. The minimum atomic E-state index is -0.812. The molecule has 0 saturated carbocycles. The average molecular weight is 441 g/mol. The van der Waals surface area contributed by atoms with Gasteiger partial charge in [0.2, 0.25) is 0 Å². The molecule has 170 valence electrons. The maximum atomic E-state index is 12.5. The molecule has 2 aromatic heterocycles. The number of anilines is 1. The Labute approximate surface area is 185 Å². The molecule has 1 aliphatic rings. The van der Waals surface area contributed by atoms with E-state index < -0.39 is 18.5 Å². The number of nitrogens with one attached hydrogen (secondary N) is 1. The summed E-state index contributed by atoms with van der Waals surface area (Å²) in [5, 5.41) is 16.3. The summed E-state index contributed by atoms with van der Waals surface area (Å²) in [6, 6.07) is 4.65. The summed E-state index contributed by atoms with van der Waals surface area (Å²) >= 11 is 0. The van der Waals surface area contributed by atoms with Crippen molar-refractivity contribution in [2.45, 2.75) is 59.2 Å². The highest BCUT2D eigenvalue weighted by atomic mass is 16.5. The molecule has 0 spiro atoms. The number of nitrogens with zero attached hydrogens (tertiary/aromatic N) is 4. The molecular weight excluding hydrogens is 414 g/mol. The zero-order valence-electron chi connectivity index (χ0n) is 18.5. The van der Waals surface area contributed by atoms with Crippen molar-refractivity contribution in [2.24, 2.45) is 0 Å². The Morgan fingerprint density at radius 1 is 1.38 bits per heavy atom. The molecule has 1 unspecified atom stereocenters. The van der Waals surface area contributed by atoms with Gasteiger partial charge < -0.3 is 19.4 Å². The van der Waals surface area contributed by atoms with E-state index in [0.29, 0.717) is 37.5 Å². The van der Waals surface area contributed by atoms with Gasteiger partial charge in [0.15, 0.2) is 12.3 Å². The number of carbonyl (C=O) groups excluding carboxylic acids is 2. The van der Waals surface area contributed by atoms with Gasteiger partial charge in [-0.15, -0.1) is 0 Å². The number of nitriles is 1. The summed E-state index contributed by atoms with van der Waals surface area (Å²) < 4.78 is 13.8. The van der Waals surface area contributed by atoms with Crippen LogP contribution in [0, 0.1) is 25.2 Å². The van der Waals surface area contributed by atoms with Crippen LogP contribution >= 0.6 is 0 Å². The zero-order chi connectivity index (χ0) is 23.3. The van der Waals surface area contributed by atoms with E-state index in [2.05, 4.69) is 16.5 Å². The van der Waals surface area contributed by atoms with Gasteiger partial charge in [-0.25, -0.2) is 9.48 Å². The summed E-state index contributed by atoms with van der Waals surface area (Å²) in [5.41, 5.74) is 1.64. The second kappa shape index (κ2) is 10.2. The van der Waals surface area contributed by atoms with Gasteiger partial charge in [-0.2, -0.15) is 10.4 Å². The lowest BCUT2D eigenvalue weighted by atomic mass is 10.2. The SMILES string of the molecule is CCCn1nc(C(=O)OCC(=O)Nc2c(C#N)c(C)c(C)n2CC2CCCO2)ccc1=O. The van der Waals surface area contributed by atoms with Crippen molar-refractivity contribution in [3.63, 3.8) is 0 Å². The van der Waals surface area contributed by atoms with E-state index in [1.54, 1.807) is 0 Å². The van der Waals surface area contributed by atoms with Gasteiger partial charge in [0.05, 0.1) is 18.2 Å². The van der Waals surface area contributed by atoms with Gasteiger partial charge in [-0.05, 0) is 44.7 Å². The van der Waals surface area contributed by atoms with Crippen LogP contribution in [0.2, 0.25) is 0 Å². The van der Waals surface area contributed by atoms with Crippen LogP contribution in [0.5, 0.6) is 0 Å². The van der Waals surface area contributed by atoms with Crippen LogP contribution in [-0.2, 0) is 27.4 Å². The summed E-state index contributed by atoms with van der Waals surface area (Å²) in [5.74, 6) is -1.02. The van der Waals surface area contributed by atoms with Crippen LogP contribution in [0.3, 0.4) is 0 Å². The largest absolute Gasteiger partial charge is 0.451 e. The molecule has 10 heteroatoms. The lowest BCUT2D eigenvalue weighted by Gasteiger charge is -2.17. The number of hydrogen-bond donors (Lipinski definition) is 1. The summed E-state index contributed by atoms with van der Waals surface area (Å²) in [6.45, 7) is 6.64. The van der Waals surface area contributed by atoms with E-state index in [0.717, 1.165) is 24.1 Å². The molecule has 1 N–H and O–H groups in total. The number of hydrogen-bond acceptors (Lipinski definition) is 7. The van der Waals surface area contributed by atoms with Crippen LogP contribution in [0.4, 0.5) is 5.82 Å². The lowest BCUT2D eigenvalue weighted by Crippen LogP contribution is -2.27. The molecule has 2 aromatic rings. The third kappa shape index (κ3) is 5.06. The first kappa shape index (κ1) is 23.2. The summed E-state index contributed by atoms with van der Waals surface area (Å²) in [6.07, 6.45) is 2.59. The topological polar surface area (TPSA) is 128 Å². The minimum absolute atomic E-state index is 0.0189. The maximum absolute atomic E-state index is 12.5. The molecule has 3 heterocycles. The summed E-state index contributed by atoms with van der Waals surface area (Å²) in [4.78, 5) is 36.6. The van der Waals surface area contributed by atoms with Crippen molar-refractivity contribution in [1.29, 1.82) is 5.26 Å². The smallest absolute Gasteiger partial charge is 0.359 e. The Kier molecular flexibility index (Phi) is 7.43. The van der Waals surface area contributed by atoms with Crippen LogP contribution < -0.4 is 10.9 Å². The Morgan fingerprint density at radius 3 is 2.81 bits per heavy atom. The quantitative estimate of drug-likeness (QED) is 0.620. The number of ether oxygens (including phenoxy) is 2. The molecule has 1 atom stereocenters. The van der Waals surface area contributed by atoms with E-state index >= 15 is 0 Å². The van der Waals surface area contributed by atoms with Crippen LogP contribution in [-0.4, -0.2) is 45.5 Å². The molecule has 3 rings (SSSR count). The van der Waals surface area contributed by atoms with Crippen molar-refractivity contribution < 1.29 is 19.1 Å². The number of aromatic nitrogens is 3. The fraction of sp³-hybridized carbons (Fsp3) is 0.500. The molecular formula is C22H27N5O5. The van der Waals surface area contributed by atoms with E-state index in [9.17, 15) is 19.6 Å². The number of esters is 1. The van der Waals surface area contributed by atoms with E-state index in [-0.39, 0.29) is 17.4 Å². The normalized spacial score (nSPS) is 15.4. The van der Waals surface area contributed by atoms with Crippen molar-refractivity contribution in [3.8, 4) is 6.07 Å². The molecule has 32 heavy (non-hydrogen) atoms. The van der Waals surface area contributed by atoms with E-state index in [1.165, 1.54) is 16.8 Å². The second-order valence-corrected chi connectivity index (χ2v) is 7.70. The molecule has 1 aliphatic heterocycles. The Bertz CT molecular complexity index is 1110. The highest BCUT2D eigenvalue weighted by Gasteiger charge is 2.24.